The van der Waals surface area contributed by atoms with E-state index in [-0.39, 0.29) is 16.5 Å². The Bertz CT molecular complexity index is 420. The Labute approximate surface area is 109 Å². The van der Waals surface area contributed by atoms with Gasteiger partial charge in [0.1, 0.15) is 0 Å². The van der Waals surface area contributed by atoms with Crippen molar-refractivity contribution < 1.29 is 18.3 Å². The summed E-state index contributed by atoms with van der Waals surface area (Å²) in [5, 5.41) is 9.92. The molecule has 6 heteroatoms. The molecule has 0 aromatic heterocycles. The predicted molar refractivity (Wildman–Crippen MR) is 64.2 cm³/mol. The summed E-state index contributed by atoms with van der Waals surface area (Å²) < 4.78 is 37.7. The van der Waals surface area contributed by atoms with Gasteiger partial charge >= 0.3 is 6.18 Å². The van der Waals surface area contributed by atoms with Crippen molar-refractivity contribution in [2.75, 3.05) is 0 Å². The number of halogens is 4. The van der Waals surface area contributed by atoms with Crippen LogP contribution < -0.4 is 5.73 Å². The lowest BCUT2D eigenvalue weighted by molar-refractivity contribution is -0.137. The van der Waals surface area contributed by atoms with Crippen LogP contribution in [0.1, 0.15) is 31.0 Å². The molecular weight excluding hydrogens is 267 g/mol. The summed E-state index contributed by atoms with van der Waals surface area (Å²) >= 11 is 5.83. The molecule has 2 nitrogen and oxygen atoms in total. The summed E-state index contributed by atoms with van der Waals surface area (Å²) in [6.07, 6.45) is -5.41. The summed E-state index contributed by atoms with van der Waals surface area (Å²) in [6, 6.07) is 1.98. The maximum absolute atomic E-state index is 12.6. The minimum atomic E-state index is -4.46. The molecule has 0 spiro atoms. The standard InChI is InChI=1S/C12H15ClF3NO/c1-6(2)11(18)10(17)8-5-7(12(14,15)16)3-4-9(8)13/h3-6,10-11,18H,17H2,1-2H3/t10-,11+/m0/s1. The Kier molecular flexibility index (Phi) is 4.64. The minimum absolute atomic E-state index is 0.104. The zero-order chi connectivity index (χ0) is 14.1. The van der Waals surface area contributed by atoms with Crippen LogP contribution in [0.2, 0.25) is 5.02 Å². The number of hydrogen-bond donors (Lipinski definition) is 2. The maximum Gasteiger partial charge on any atom is 0.416 e. The van der Waals surface area contributed by atoms with E-state index in [2.05, 4.69) is 0 Å². The average molecular weight is 282 g/mol. The first-order chi connectivity index (χ1) is 8.14. The lowest BCUT2D eigenvalue weighted by Gasteiger charge is -2.24. The van der Waals surface area contributed by atoms with Crippen LogP contribution in [0.3, 0.4) is 0 Å². The third kappa shape index (κ3) is 3.37. The first kappa shape index (κ1) is 15.3. The van der Waals surface area contributed by atoms with E-state index in [4.69, 9.17) is 17.3 Å². The van der Waals surface area contributed by atoms with E-state index in [1.54, 1.807) is 13.8 Å². The van der Waals surface area contributed by atoms with Gasteiger partial charge in [-0.25, -0.2) is 0 Å². The van der Waals surface area contributed by atoms with Crippen LogP contribution >= 0.6 is 11.6 Å². The Morgan fingerprint density at radius 3 is 2.28 bits per heavy atom. The summed E-state index contributed by atoms with van der Waals surface area (Å²) in [5.74, 6) is -0.175. The largest absolute Gasteiger partial charge is 0.416 e. The molecule has 1 aromatic rings. The topological polar surface area (TPSA) is 46.2 Å². The maximum atomic E-state index is 12.6. The Balaban J connectivity index is 3.16. The highest BCUT2D eigenvalue weighted by molar-refractivity contribution is 6.31. The number of nitrogens with two attached hydrogens (primary N) is 1. The normalized spacial score (nSPS) is 15.8. The van der Waals surface area contributed by atoms with Gasteiger partial charge in [0.25, 0.3) is 0 Å². The molecule has 3 N–H and O–H groups in total. The van der Waals surface area contributed by atoms with Crippen LogP contribution in [0.4, 0.5) is 13.2 Å². The monoisotopic (exact) mass is 281 g/mol. The van der Waals surface area contributed by atoms with Gasteiger partial charge in [-0.3, -0.25) is 0 Å². The number of aliphatic hydroxyl groups excluding tert-OH is 1. The zero-order valence-electron chi connectivity index (χ0n) is 10.0. The van der Waals surface area contributed by atoms with E-state index in [9.17, 15) is 18.3 Å². The van der Waals surface area contributed by atoms with E-state index < -0.39 is 23.9 Å². The first-order valence-electron chi connectivity index (χ1n) is 5.45. The molecule has 0 unspecified atom stereocenters. The van der Waals surface area contributed by atoms with Crippen molar-refractivity contribution in [2.45, 2.75) is 32.2 Å². The van der Waals surface area contributed by atoms with Crippen molar-refractivity contribution >= 4 is 11.6 Å². The summed E-state index contributed by atoms with van der Waals surface area (Å²) in [5.41, 5.74) is 5.03. The van der Waals surface area contributed by atoms with E-state index in [0.29, 0.717) is 0 Å². The van der Waals surface area contributed by atoms with Gasteiger partial charge < -0.3 is 10.8 Å². The SMILES string of the molecule is CC(C)[C@@H](O)[C@@H](N)c1cc(C(F)(F)F)ccc1Cl. The van der Waals surface area contributed by atoms with E-state index in [0.717, 1.165) is 18.2 Å². The number of rotatable bonds is 3. The third-order valence-corrected chi connectivity index (χ3v) is 3.08. The van der Waals surface area contributed by atoms with Gasteiger partial charge in [-0.05, 0) is 29.7 Å². The lowest BCUT2D eigenvalue weighted by Crippen LogP contribution is -2.31. The highest BCUT2D eigenvalue weighted by Gasteiger charge is 2.32. The molecule has 0 fully saturated rings. The highest BCUT2D eigenvalue weighted by atomic mass is 35.5. The molecule has 0 heterocycles. The molecule has 0 amide bonds. The quantitative estimate of drug-likeness (QED) is 0.892. The molecule has 1 rings (SSSR count). The molecule has 0 radical (unpaired) electrons. The zero-order valence-corrected chi connectivity index (χ0v) is 10.8. The number of hydrogen-bond acceptors (Lipinski definition) is 2. The van der Waals surface area contributed by atoms with Crippen LogP contribution in [0.15, 0.2) is 18.2 Å². The molecule has 102 valence electrons. The molecule has 0 saturated heterocycles. The minimum Gasteiger partial charge on any atom is -0.391 e. The molecule has 2 atom stereocenters. The summed E-state index contributed by atoms with van der Waals surface area (Å²) in [4.78, 5) is 0. The average Bonchev–Trinajstić information content (AvgIpc) is 2.26. The van der Waals surface area contributed by atoms with Crippen LogP contribution in [0.5, 0.6) is 0 Å². The summed E-state index contributed by atoms with van der Waals surface area (Å²) in [6.45, 7) is 3.46. The van der Waals surface area contributed by atoms with Crippen LogP contribution in [-0.2, 0) is 6.18 Å². The Morgan fingerprint density at radius 2 is 1.83 bits per heavy atom. The van der Waals surface area contributed by atoms with Gasteiger partial charge in [-0.2, -0.15) is 13.2 Å². The van der Waals surface area contributed by atoms with Crippen molar-refractivity contribution in [3.05, 3.63) is 34.3 Å². The van der Waals surface area contributed by atoms with E-state index >= 15 is 0 Å². The van der Waals surface area contributed by atoms with Crippen LogP contribution in [0.25, 0.3) is 0 Å². The molecular formula is C12H15ClF3NO. The van der Waals surface area contributed by atoms with Crippen LogP contribution in [-0.4, -0.2) is 11.2 Å². The molecule has 0 aliphatic heterocycles. The van der Waals surface area contributed by atoms with Crippen molar-refractivity contribution in [1.29, 1.82) is 0 Å². The van der Waals surface area contributed by atoms with Crippen molar-refractivity contribution in [2.24, 2.45) is 11.7 Å². The second-order valence-electron chi connectivity index (χ2n) is 4.49. The van der Waals surface area contributed by atoms with Gasteiger partial charge in [0, 0.05) is 5.02 Å². The van der Waals surface area contributed by atoms with Gasteiger partial charge in [-0.1, -0.05) is 25.4 Å². The molecule has 1 aromatic carbocycles. The first-order valence-corrected chi connectivity index (χ1v) is 5.82. The lowest BCUT2D eigenvalue weighted by atomic mass is 9.93. The molecule has 18 heavy (non-hydrogen) atoms. The third-order valence-electron chi connectivity index (χ3n) is 2.73. The van der Waals surface area contributed by atoms with Crippen molar-refractivity contribution in [3.8, 4) is 0 Å². The van der Waals surface area contributed by atoms with Crippen LogP contribution in [0, 0.1) is 5.92 Å². The Morgan fingerprint density at radius 1 is 1.28 bits per heavy atom. The molecule has 0 aliphatic carbocycles. The molecule has 0 saturated carbocycles. The number of alkyl halides is 3. The van der Waals surface area contributed by atoms with Crippen molar-refractivity contribution in [3.63, 3.8) is 0 Å². The van der Waals surface area contributed by atoms with Gasteiger partial charge in [-0.15, -0.1) is 0 Å². The fourth-order valence-electron chi connectivity index (χ4n) is 1.57. The highest BCUT2D eigenvalue weighted by Crippen LogP contribution is 2.34. The fraction of sp³-hybridized carbons (Fsp3) is 0.500. The smallest absolute Gasteiger partial charge is 0.391 e. The predicted octanol–water partition coefficient (Wildman–Crippen LogP) is 3.38. The van der Waals surface area contributed by atoms with Gasteiger partial charge in [0.15, 0.2) is 0 Å². The summed E-state index contributed by atoms with van der Waals surface area (Å²) in [7, 11) is 0. The number of benzene rings is 1. The molecule has 0 bridgehead atoms. The molecule has 0 aliphatic rings. The Hall–Kier alpha value is -0.780. The second-order valence-corrected chi connectivity index (χ2v) is 4.90. The van der Waals surface area contributed by atoms with E-state index in [1.165, 1.54) is 0 Å². The van der Waals surface area contributed by atoms with E-state index in [1.807, 2.05) is 0 Å². The number of aliphatic hydroxyl groups is 1. The fourth-order valence-corrected chi connectivity index (χ4v) is 1.82. The van der Waals surface area contributed by atoms with Crippen molar-refractivity contribution in [1.82, 2.24) is 0 Å². The van der Waals surface area contributed by atoms with Gasteiger partial charge in [0.05, 0.1) is 17.7 Å². The van der Waals surface area contributed by atoms with Gasteiger partial charge in [0.2, 0.25) is 0 Å². The second kappa shape index (κ2) is 5.47.